The van der Waals surface area contributed by atoms with E-state index in [-0.39, 0.29) is 18.0 Å². The number of fused-ring (bicyclic) bond motifs is 2. The number of likely N-dealkylation sites (tertiary alicyclic amines) is 1. The monoisotopic (exact) mass is 359 g/mol. The lowest BCUT2D eigenvalue weighted by Gasteiger charge is -2.44. The fourth-order valence-electron chi connectivity index (χ4n) is 4.55. The molecule has 2 aromatic heterocycles. The average Bonchev–Trinajstić information content (AvgIpc) is 2.92. The molecule has 3 heterocycles. The van der Waals surface area contributed by atoms with E-state index in [2.05, 4.69) is 9.88 Å². The highest BCUT2D eigenvalue weighted by Gasteiger charge is 2.35. The van der Waals surface area contributed by atoms with Crippen molar-refractivity contribution in [1.82, 2.24) is 14.5 Å². The Morgan fingerprint density at radius 1 is 1.24 bits per heavy atom. The molecule has 1 aliphatic heterocycles. The summed E-state index contributed by atoms with van der Waals surface area (Å²) < 4.78 is 1.50. The number of nitrogens with zero attached hydrogens (tertiary/aromatic N) is 3. The summed E-state index contributed by atoms with van der Waals surface area (Å²) in [4.78, 5) is 34.1. The van der Waals surface area contributed by atoms with Gasteiger partial charge in [0.05, 0.1) is 11.7 Å². The molecule has 2 aliphatic rings. The van der Waals surface area contributed by atoms with Crippen LogP contribution in [0.1, 0.15) is 49.0 Å². The van der Waals surface area contributed by atoms with Crippen LogP contribution in [-0.2, 0) is 11.3 Å². The summed E-state index contributed by atoms with van der Waals surface area (Å²) >= 11 is 1.54. The zero-order valence-corrected chi connectivity index (χ0v) is 15.8. The third-order valence-electron chi connectivity index (χ3n) is 6.02. The fourth-order valence-corrected chi connectivity index (χ4v) is 5.54. The third-order valence-corrected chi connectivity index (χ3v) is 7.14. The zero-order chi connectivity index (χ0) is 17.6. The van der Waals surface area contributed by atoms with E-state index in [9.17, 15) is 9.59 Å². The lowest BCUT2D eigenvalue weighted by atomic mass is 9.78. The number of aromatic nitrogens is 2. The highest BCUT2D eigenvalue weighted by Crippen LogP contribution is 2.35. The van der Waals surface area contributed by atoms with Gasteiger partial charge in [-0.05, 0) is 51.0 Å². The number of hydrogen-bond donors (Lipinski definition) is 0. The average molecular weight is 359 g/mol. The van der Waals surface area contributed by atoms with Crippen molar-refractivity contribution >= 4 is 27.5 Å². The summed E-state index contributed by atoms with van der Waals surface area (Å²) in [5.41, 5.74) is 0.905. The minimum Gasteiger partial charge on any atom is -0.338 e. The van der Waals surface area contributed by atoms with E-state index in [1.54, 1.807) is 17.7 Å². The van der Waals surface area contributed by atoms with Crippen molar-refractivity contribution in [3.63, 3.8) is 0 Å². The number of aryl methyl sites for hydroxylation is 2. The van der Waals surface area contributed by atoms with Crippen molar-refractivity contribution in [2.24, 2.45) is 5.92 Å². The first kappa shape index (κ1) is 16.8. The molecule has 2 atom stereocenters. The topological polar surface area (TPSA) is 55.2 Å². The van der Waals surface area contributed by atoms with Crippen LogP contribution >= 0.6 is 11.3 Å². The van der Waals surface area contributed by atoms with Crippen molar-refractivity contribution in [3.05, 3.63) is 27.1 Å². The summed E-state index contributed by atoms with van der Waals surface area (Å²) in [6, 6.07) is 0.382. The van der Waals surface area contributed by atoms with Crippen LogP contribution in [0.5, 0.6) is 0 Å². The SMILES string of the molecule is Cc1sc2ncn(CC(=O)N3CCC[C@@H]4CCCC[C@@H]43)c(=O)c2c1C. The molecular weight excluding hydrogens is 334 g/mol. The minimum atomic E-state index is -0.0857. The molecule has 2 fully saturated rings. The molecule has 0 radical (unpaired) electrons. The van der Waals surface area contributed by atoms with Crippen LogP contribution in [0.4, 0.5) is 0 Å². The van der Waals surface area contributed by atoms with Gasteiger partial charge in [0, 0.05) is 17.5 Å². The fraction of sp³-hybridized carbons (Fsp3) is 0.632. The predicted octanol–water partition coefficient (Wildman–Crippen LogP) is 3.26. The molecule has 2 aromatic rings. The number of amides is 1. The summed E-state index contributed by atoms with van der Waals surface area (Å²) in [5.74, 6) is 0.731. The quantitative estimate of drug-likeness (QED) is 0.827. The highest BCUT2D eigenvalue weighted by atomic mass is 32.1. The van der Waals surface area contributed by atoms with E-state index < -0.39 is 0 Å². The maximum absolute atomic E-state index is 12.9. The molecule has 25 heavy (non-hydrogen) atoms. The second-order valence-corrected chi connectivity index (χ2v) is 8.69. The Hall–Kier alpha value is -1.69. The number of rotatable bonds is 2. The van der Waals surface area contributed by atoms with Gasteiger partial charge >= 0.3 is 0 Å². The maximum atomic E-state index is 12.9. The second-order valence-electron chi connectivity index (χ2n) is 7.48. The molecule has 4 rings (SSSR count). The molecule has 6 heteroatoms. The van der Waals surface area contributed by atoms with Crippen LogP contribution in [0.25, 0.3) is 10.2 Å². The second kappa shape index (κ2) is 6.56. The van der Waals surface area contributed by atoms with Crippen LogP contribution in [0.3, 0.4) is 0 Å². The van der Waals surface area contributed by atoms with Gasteiger partial charge < -0.3 is 4.90 Å². The van der Waals surface area contributed by atoms with Gasteiger partial charge in [0.2, 0.25) is 5.91 Å². The van der Waals surface area contributed by atoms with Gasteiger partial charge in [-0.15, -0.1) is 11.3 Å². The molecule has 0 spiro atoms. The standard InChI is InChI=1S/C19H25N3O2S/c1-12-13(2)25-18-17(12)19(24)21(11-20-18)10-16(23)22-9-5-7-14-6-3-4-8-15(14)22/h11,14-15H,3-10H2,1-2H3/t14-,15-/m0/s1. The smallest absolute Gasteiger partial charge is 0.262 e. The number of hydrogen-bond acceptors (Lipinski definition) is 4. The Kier molecular flexibility index (Phi) is 4.40. The molecule has 1 saturated carbocycles. The van der Waals surface area contributed by atoms with Gasteiger partial charge in [-0.25, -0.2) is 4.98 Å². The molecule has 0 aromatic carbocycles. The Morgan fingerprint density at radius 3 is 2.84 bits per heavy atom. The van der Waals surface area contributed by atoms with Crippen LogP contribution in [0.2, 0.25) is 0 Å². The van der Waals surface area contributed by atoms with Gasteiger partial charge in [0.25, 0.3) is 5.56 Å². The van der Waals surface area contributed by atoms with Crippen molar-refractivity contribution < 1.29 is 4.79 Å². The summed E-state index contributed by atoms with van der Waals surface area (Å²) in [6.07, 6.45) is 8.74. The van der Waals surface area contributed by atoms with Gasteiger partial charge in [-0.3, -0.25) is 14.2 Å². The van der Waals surface area contributed by atoms with Crippen LogP contribution in [-0.4, -0.2) is 32.9 Å². The van der Waals surface area contributed by atoms with E-state index in [0.29, 0.717) is 17.3 Å². The van der Waals surface area contributed by atoms with Gasteiger partial charge in [-0.1, -0.05) is 12.8 Å². The molecule has 0 bridgehead atoms. The van der Waals surface area contributed by atoms with Gasteiger partial charge in [0.15, 0.2) is 0 Å². The molecule has 1 saturated heterocycles. The number of carbonyl (C=O) groups is 1. The molecule has 1 aliphatic carbocycles. The van der Waals surface area contributed by atoms with Gasteiger partial charge in [0.1, 0.15) is 11.4 Å². The van der Waals surface area contributed by atoms with Crippen molar-refractivity contribution in [1.29, 1.82) is 0 Å². The molecular formula is C19H25N3O2S. The van der Waals surface area contributed by atoms with Crippen LogP contribution in [0.15, 0.2) is 11.1 Å². The molecule has 134 valence electrons. The third kappa shape index (κ3) is 2.90. The Labute approximate surface area is 151 Å². The molecule has 0 unspecified atom stereocenters. The first-order chi connectivity index (χ1) is 12.1. The van der Waals surface area contributed by atoms with E-state index in [0.717, 1.165) is 34.7 Å². The summed E-state index contributed by atoms with van der Waals surface area (Å²) in [5, 5.41) is 0.673. The van der Waals surface area contributed by atoms with E-state index in [4.69, 9.17) is 0 Å². The van der Waals surface area contributed by atoms with Crippen molar-refractivity contribution in [2.75, 3.05) is 6.54 Å². The first-order valence-corrected chi connectivity index (χ1v) is 10.1. The summed E-state index contributed by atoms with van der Waals surface area (Å²) in [6.45, 7) is 4.91. The number of piperidine rings is 1. The highest BCUT2D eigenvalue weighted by molar-refractivity contribution is 7.18. The van der Waals surface area contributed by atoms with Crippen molar-refractivity contribution in [2.45, 2.75) is 65.0 Å². The van der Waals surface area contributed by atoms with E-state index in [1.807, 2.05) is 13.8 Å². The maximum Gasteiger partial charge on any atom is 0.262 e. The van der Waals surface area contributed by atoms with Gasteiger partial charge in [-0.2, -0.15) is 0 Å². The Balaban J connectivity index is 1.60. The number of thiophene rings is 1. The largest absolute Gasteiger partial charge is 0.338 e. The number of carbonyl (C=O) groups excluding carboxylic acids is 1. The normalized spacial score (nSPS) is 23.7. The van der Waals surface area contributed by atoms with Crippen LogP contribution < -0.4 is 5.56 Å². The minimum absolute atomic E-state index is 0.0736. The summed E-state index contributed by atoms with van der Waals surface area (Å²) in [7, 11) is 0. The van der Waals surface area contributed by atoms with E-state index >= 15 is 0 Å². The van der Waals surface area contributed by atoms with E-state index in [1.165, 1.54) is 30.3 Å². The van der Waals surface area contributed by atoms with Crippen LogP contribution in [0, 0.1) is 19.8 Å². The Morgan fingerprint density at radius 2 is 2.00 bits per heavy atom. The molecule has 1 amide bonds. The van der Waals surface area contributed by atoms with Crippen molar-refractivity contribution in [3.8, 4) is 0 Å². The first-order valence-electron chi connectivity index (χ1n) is 9.31. The zero-order valence-electron chi connectivity index (χ0n) is 15.0. The lowest BCUT2D eigenvalue weighted by Crippen LogP contribution is -2.51. The molecule has 5 nitrogen and oxygen atoms in total. The lowest BCUT2D eigenvalue weighted by molar-refractivity contribution is -0.138. The Bertz CT molecular complexity index is 867. The molecule has 0 N–H and O–H groups in total. The predicted molar refractivity (Wildman–Crippen MR) is 100 cm³/mol.